The molecule has 0 bridgehead atoms. The Morgan fingerprint density at radius 3 is 2.20 bits per heavy atom. The number of rotatable bonds is 15. The molecule has 7 heteroatoms. The summed E-state index contributed by atoms with van der Waals surface area (Å²) in [4.78, 5) is 12.9. The van der Waals surface area contributed by atoms with Crippen molar-refractivity contribution in [2.75, 3.05) is 6.54 Å². The van der Waals surface area contributed by atoms with Gasteiger partial charge in [-0.15, -0.1) is 0 Å². The Morgan fingerprint density at radius 2 is 1.60 bits per heavy atom. The van der Waals surface area contributed by atoms with Gasteiger partial charge in [-0.1, -0.05) is 57.9 Å². The van der Waals surface area contributed by atoms with Crippen molar-refractivity contribution in [3.8, 4) is 0 Å². The molecule has 35 heavy (non-hydrogen) atoms. The van der Waals surface area contributed by atoms with Crippen LogP contribution in [0.25, 0.3) is 0 Å². The molecule has 2 aromatic carbocycles. The summed E-state index contributed by atoms with van der Waals surface area (Å²) in [6.07, 6.45) is 2.34. The van der Waals surface area contributed by atoms with Crippen molar-refractivity contribution in [1.82, 2.24) is 10.6 Å². The quantitative estimate of drug-likeness (QED) is 0.298. The number of halogens is 2. The molecule has 5 nitrogen and oxygen atoms in total. The van der Waals surface area contributed by atoms with Gasteiger partial charge >= 0.3 is 0 Å². The van der Waals surface area contributed by atoms with Gasteiger partial charge in [0.2, 0.25) is 5.91 Å². The molecule has 4 N–H and O–H groups in total. The van der Waals surface area contributed by atoms with Crippen LogP contribution < -0.4 is 10.6 Å². The average molecular weight is 491 g/mol. The highest BCUT2D eigenvalue weighted by Crippen LogP contribution is 2.24. The lowest BCUT2D eigenvalue weighted by molar-refractivity contribution is -0.128. The summed E-state index contributed by atoms with van der Waals surface area (Å²) < 4.78 is 27.5. The van der Waals surface area contributed by atoms with Gasteiger partial charge in [-0.3, -0.25) is 4.79 Å². The van der Waals surface area contributed by atoms with Crippen LogP contribution in [0.1, 0.15) is 69.6 Å². The molecule has 0 fully saturated rings. The first-order valence-electron chi connectivity index (χ1n) is 12.6. The number of benzene rings is 2. The van der Waals surface area contributed by atoms with Gasteiger partial charge in [0.25, 0.3) is 0 Å². The standard InChI is InChI=1S/C28H40F2N2O3/c1-4-10-28(35,11-5-2)17-27(34)32-25(15-22-13-23(29)16-24(30)14-22)26(33)19-31-18-21-9-7-8-20(6-3)12-21/h7-9,12-14,16,25-26,31,33,35H,4-6,10-11,15,17-19H2,1-3H3,(H,32,34)/t25-,26+/m0/s1. The number of carbonyl (C=O) groups is 1. The maximum atomic E-state index is 13.8. The van der Waals surface area contributed by atoms with Gasteiger partial charge in [0, 0.05) is 19.2 Å². The summed E-state index contributed by atoms with van der Waals surface area (Å²) in [7, 11) is 0. The average Bonchev–Trinajstić information content (AvgIpc) is 2.78. The molecule has 0 heterocycles. The Hall–Kier alpha value is -2.35. The molecule has 0 aliphatic carbocycles. The summed E-state index contributed by atoms with van der Waals surface area (Å²) in [5, 5.41) is 27.8. The zero-order valence-electron chi connectivity index (χ0n) is 21.1. The summed E-state index contributed by atoms with van der Waals surface area (Å²) in [6.45, 7) is 6.69. The number of aliphatic hydroxyl groups excluding tert-OH is 1. The highest BCUT2D eigenvalue weighted by Gasteiger charge is 2.30. The van der Waals surface area contributed by atoms with Gasteiger partial charge in [0.1, 0.15) is 11.6 Å². The summed E-state index contributed by atoms with van der Waals surface area (Å²) in [5.74, 6) is -1.83. The predicted molar refractivity (Wildman–Crippen MR) is 135 cm³/mol. The van der Waals surface area contributed by atoms with Crippen LogP contribution in [0.15, 0.2) is 42.5 Å². The Labute approximate surface area is 208 Å². The van der Waals surface area contributed by atoms with Crippen molar-refractivity contribution in [1.29, 1.82) is 0 Å². The molecule has 0 aliphatic heterocycles. The Bertz CT molecular complexity index is 912. The van der Waals surface area contributed by atoms with Crippen LogP contribution in [0.3, 0.4) is 0 Å². The van der Waals surface area contributed by atoms with Crippen LogP contribution in [0.2, 0.25) is 0 Å². The van der Waals surface area contributed by atoms with Crippen LogP contribution in [-0.2, 0) is 24.2 Å². The highest BCUT2D eigenvalue weighted by molar-refractivity contribution is 5.77. The van der Waals surface area contributed by atoms with Crippen LogP contribution in [0, 0.1) is 11.6 Å². The second-order valence-corrected chi connectivity index (χ2v) is 9.43. The SMILES string of the molecule is CCCC(O)(CCC)CC(=O)N[C@@H](Cc1cc(F)cc(F)c1)[C@H](O)CNCc1cccc(CC)c1. The van der Waals surface area contributed by atoms with Crippen molar-refractivity contribution in [3.05, 3.63) is 70.8 Å². The molecule has 2 rings (SSSR count). The van der Waals surface area contributed by atoms with E-state index in [9.17, 15) is 23.8 Å². The second kappa shape index (κ2) is 14.3. The van der Waals surface area contributed by atoms with Crippen molar-refractivity contribution in [2.45, 2.75) is 90.0 Å². The van der Waals surface area contributed by atoms with E-state index in [1.807, 2.05) is 26.0 Å². The number of aliphatic hydroxyl groups is 2. The first-order valence-corrected chi connectivity index (χ1v) is 12.6. The first kappa shape index (κ1) is 28.9. The molecule has 0 aromatic heterocycles. The number of nitrogens with one attached hydrogen (secondary N) is 2. The molecule has 0 radical (unpaired) electrons. The van der Waals surface area contributed by atoms with Crippen molar-refractivity contribution in [3.63, 3.8) is 0 Å². The number of hydrogen-bond donors (Lipinski definition) is 4. The van der Waals surface area contributed by atoms with E-state index in [-0.39, 0.29) is 19.4 Å². The van der Waals surface area contributed by atoms with Crippen molar-refractivity contribution < 1.29 is 23.8 Å². The van der Waals surface area contributed by atoms with Crippen molar-refractivity contribution >= 4 is 5.91 Å². The molecule has 0 saturated heterocycles. The third-order valence-corrected chi connectivity index (χ3v) is 6.19. The van der Waals surface area contributed by atoms with Gasteiger partial charge < -0.3 is 20.8 Å². The zero-order valence-corrected chi connectivity index (χ0v) is 21.1. The molecule has 194 valence electrons. The van der Waals surface area contributed by atoms with E-state index in [1.165, 1.54) is 17.7 Å². The smallest absolute Gasteiger partial charge is 0.223 e. The molecule has 0 spiro atoms. The largest absolute Gasteiger partial charge is 0.390 e. The Kier molecular flexibility index (Phi) is 11.8. The molecule has 2 aromatic rings. The maximum Gasteiger partial charge on any atom is 0.223 e. The lowest BCUT2D eigenvalue weighted by Gasteiger charge is -2.30. The summed E-state index contributed by atoms with van der Waals surface area (Å²) >= 11 is 0. The molecular formula is C28H40F2N2O3. The van der Waals surface area contributed by atoms with Crippen molar-refractivity contribution in [2.24, 2.45) is 0 Å². The molecule has 0 saturated carbocycles. The molecule has 0 unspecified atom stereocenters. The fourth-order valence-electron chi connectivity index (χ4n) is 4.52. The van der Waals surface area contributed by atoms with Crippen LogP contribution in [-0.4, -0.2) is 40.4 Å². The van der Waals surface area contributed by atoms with E-state index in [0.29, 0.717) is 24.9 Å². The van der Waals surface area contributed by atoms with Gasteiger partial charge in [-0.05, 0) is 54.5 Å². The van der Waals surface area contributed by atoms with Crippen LogP contribution in [0.5, 0.6) is 0 Å². The third kappa shape index (κ3) is 10.0. The monoisotopic (exact) mass is 490 g/mol. The van der Waals surface area contributed by atoms with E-state index in [0.717, 1.165) is 30.9 Å². The van der Waals surface area contributed by atoms with Crippen LogP contribution in [0.4, 0.5) is 8.78 Å². The minimum atomic E-state index is -1.11. The predicted octanol–water partition coefficient (Wildman–Crippen LogP) is 4.43. The Morgan fingerprint density at radius 1 is 0.971 bits per heavy atom. The minimum Gasteiger partial charge on any atom is -0.390 e. The molecule has 0 aliphatic rings. The van der Waals surface area contributed by atoms with E-state index >= 15 is 0 Å². The fourth-order valence-corrected chi connectivity index (χ4v) is 4.52. The van der Waals surface area contributed by atoms with E-state index < -0.39 is 35.3 Å². The lowest BCUT2D eigenvalue weighted by Crippen LogP contribution is -2.50. The topological polar surface area (TPSA) is 81.6 Å². The van der Waals surface area contributed by atoms with E-state index in [2.05, 4.69) is 29.7 Å². The normalized spacial score (nSPS) is 13.5. The summed E-state index contributed by atoms with van der Waals surface area (Å²) in [5.41, 5.74) is 1.51. The van der Waals surface area contributed by atoms with E-state index in [1.54, 1.807) is 0 Å². The van der Waals surface area contributed by atoms with E-state index in [4.69, 9.17) is 0 Å². The van der Waals surface area contributed by atoms with Gasteiger partial charge in [-0.25, -0.2) is 8.78 Å². The minimum absolute atomic E-state index is 0.0502. The number of amides is 1. The fraction of sp³-hybridized carbons (Fsp3) is 0.536. The molecule has 2 atom stereocenters. The highest BCUT2D eigenvalue weighted by atomic mass is 19.1. The lowest BCUT2D eigenvalue weighted by atomic mass is 9.88. The Balaban J connectivity index is 2.10. The van der Waals surface area contributed by atoms with Crippen LogP contribution >= 0.6 is 0 Å². The second-order valence-electron chi connectivity index (χ2n) is 9.43. The van der Waals surface area contributed by atoms with Gasteiger partial charge in [0.05, 0.1) is 24.2 Å². The summed E-state index contributed by atoms with van der Waals surface area (Å²) in [6, 6.07) is 10.5. The number of hydrogen-bond acceptors (Lipinski definition) is 4. The van der Waals surface area contributed by atoms with Gasteiger partial charge in [0.15, 0.2) is 0 Å². The van der Waals surface area contributed by atoms with Gasteiger partial charge in [-0.2, -0.15) is 0 Å². The first-order chi connectivity index (χ1) is 16.7. The zero-order chi connectivity index (χ0) is 25.8. The third-order valence-electron chi connectivity index (χ3n) is 6.19. The molecule has 1 amide bonds. The maximum absolute atomic E-state index is 13.8. The number of aryl methyl sites for hydroxylation is 1. The number of carbonyl (C=O) groups excluding carboxylic acids is 1. The molecular weight excluding hydrogens is 450 g/mol.